The summed E-state index contributed by atoms with van der Waals surface area (Å²) >= 11 is 0. The maximum absolute atomic E-state index is 12.5. The van der Waals surface area contributed by atoms with Gasteiger partial charge < -0.3 is 10.4 Å². The number of aliphatic hydroxyl groups is 1. The van der Waals surface area contributed by atoms with E-state index in [-0.39, 0.29) is 24.6 Å². The normalized spacial score (nSPS) is 16.6. The van der Waals surface area contributed by atoms with Gasteiger partial charge in [-0.05, 0) is 31.4 Å². The van der Waals surface area contributed by atoms with Gasteiger partial charge in [-0.3, -0.25) is 14.2 Å². The number of benzene rings is 1. The average molecular weight is 315 g/mol. The van der Waals surface area contributed by atoms with Crippen molar-refractivity contribution < 1.29 is 9.90 Å². The molecule has 122 valence electrons. The minimum absolute atomic E-state index is 0.0667. The fraction of sp³-hybridized carbons (Fsp3) is 0.471. The Kier molecular flexibility index (Phi) is 4.17. The fourth-order valence-corrected chi connectivity index (χ4v) is 3.31. The van der Waals surface area contributed by atoms with Crippen molar-refractivity contribution in [2.24, 2.45) is 0 Å². The second kappa shape index (κ2) is 6.12. The number of rotatable bonds is 4. The first kappa shape index (κ1) is 15.7. The second-order valence-electron chi connectivity index (χ2n) is 6.34. The van der Waals surface area contributed by atoms with Gasteiger partial charge >= 0.3 is 0 Å². The summed E-state index contributed by atoms with van der Waals surface area (Å²) in [6.07, 6.45) is 4.96. The number of hydrogen-bond donors (Lipinski definition) is 2. The summed E-state index contributed by atoms with van der Waals surface area (Å²) in [7, 11) is 0. The van der Waals surface area contributed by atoms with E-state index in [1.165, 1.54) is 10.9 Å². The van der Waals surface area contributed by atoms with Crippen LogP contribution < -0.4 is 10.9 Å². The van der Waals surface area contributed by atoms with E-state index in [0.717, 1.165) is 31.2 Å². The van der Waals surface area contributed by atoms with Crippen LogP contribution in [-0.4, -0.2) is 32.7 Å². The number of para-hydroxylation sites is 1. The molecule has 1 saturated carbocycles. The van der Waals surface area contributed by atoms with Crippen LogP contribution in [0.15, 0.2) is 29.3 Å². The number of aromatic nitrogens is 2. The Morgan fingerprint density at radius 3 is 2.83 bits per heavy atom. The fourth-order valence-electron chi connectivity index (χ4n) is 3.31. The largest absolute Gasteiger partial charge is 0.394 e. The van der Waals surface area contributed by atoms with Crippen molar-refractivity contribution in [1.29, 1.82) is 0 Å². The van der Waals surface area contributed by atoms with Gasteiger partial charge in [-0.15, -0.1) is 0 Å². The van der Waals surface area contributed by atoms with E-state index < -0.39 is 5.54 Å². The molecule has 23 heavy (non-hydrogen) atoms. The molecule has 0 bridgehead atoms. The molecule has 0 saturated heterocycles. The molecule has 0 unspecified atom stereocenters. The van der Waals surface area contributed by atoms with Crippen molar-refractivity contribution in [3.8, 4) is 0 Å². The SMILES string of the molecule is Cc1cccc2c(=O)n(CC(=O)NC3(CO)CCCC3)cnc12. The molecule has 0 spiro atoms. The van der Waals surface area contributed by atoms with Crippen molar-refractivity contribution in [3.05, 3.63) is 40.4 Å². The minimum atomic E-state index is -0.526. The Labute approximate surface area is 134 Å². The molecule has 0 atom stereocenters. The van der Waals surface area contributed by atoms with E-state index in [1.54, 1.807) is 6.07 Å². The van der Waals surface area contributed by atoms with Crippen LogP contribution in [0, 0.1) is 6.92 Å². The molecule has 1 aromatic carbocycles. The lowest BCUT2D eigenvalue weighted by molar-refractivity contribution is -0.124. The first-order valence-corrected chi connectivity index (χ1v) is 7.91. The number of aliphatic hydroxyl groups excluding tert-OH is 1. The molecule has 1 aliphatic rings. The zero-order valence-electron chi connectivity index (χ0n) is 13.2. The van der Waals surface area contributed by atoms with E-state index in [9.17, 15) is 14.7 Å². The summed E-state index contributed by atoms with van der Waals surface area (Å²) in [6, 6.07) is 5.43. The van der Waals surface area contributed by atoms with Gasteiger partial charge in [0.25, 0.3) is 5.56 Å². The van der Waals surface area contributed by atoms with Crippen LogP contribution in [0.1, 0.15) is 31.2 Å². The third-order valence-corrected chi connectivity index (χ3v) is 4.64. The summed E-state index contributed by atoms with van der Waals surface area (Å²) in [5.74, 6) is -0.267. The van der Waals surface area contributed by atoms with Crippen molar-refractivity contribution >= 4 is 16.8 Å². The van der Waals surface area contributed by atoms with Crippen LogP contribution in [0.3, 0.4) is 0 Å². The number of nitrogens with zero attached hydrogens (tertiary/aromatic N) is 2. The van der Waals surface area contributed by atoms with E-state index in [4.69, 9.17) is 0 Å². The lowest BCUT2D eigenvalue weighted by Crippen LogP contribution is -2.50. The zero-order valence-corrected chi connectivity index (χ0v) is 13.2. The Hall–Kier alpha value is -2.21. The molecule has 6 heteroatoms. The molecule has 1 amide bonds. The predicted molar refractivity (Wildman–Crippen MR) is 87.2 cm³/mol. The third-order valence-electron chi connectivity index (χ3n) is 4.64. The molecular weight excluding hydrogens is 294 g/mol. The van der Waals surface area contributed by atoms with Gasteiger partial charge in [-0.25, -0.2) is 4.98 Å². The van der Waals surface area contributed by atoms with Crippen molar-refractivity contribution in [2.45, 2.75) is 44.7 Å². The van der Waals surface area contributed by atoms with Gasteiger partial charge in [0.15, 0.2) is 0 Å². The highest BCUT2D eigenvalue weighted by atomic mass is 16.3. The van der Waals surface area contributed by atoms with Crippen LogP contribution in [0.5, 0.6) is 0 Å². The molecule has 2 N–H and O–H groups in total. The van der Waals surface area contributed by atoms with E-state index in [0.29, 0.717) is 10.9 Å². The topological polar surface area (TPSA) is 84.2 Å². The summed E-state index contributed by atoms with van der Waals surface area (Å²) < 4.78 is 1.32. The van der Waals surface area contributed by atoms with E-state index in [2.05, 4.69) is 10.3 Å². The highest BCUT2D eigenvalue weighted by Crippen LogP contribution is 2.29. The summed E-state index contributed by atoms with van der Waals surface area (Å²) in [5.41, 5.74) is 0.846. The molecule has 1 fully saturated rings. The van der Waals surface area contributed by atoms with E-state index in [1.807, 2.05) is 19.1 Å². The number of carbonyl (C=O) groups excluding carboxylic acids is 1. The van der Waals surface area contributed by atoms with Gasteiger partial charge in [0, 0.05) is 0 Å². The third kappa shape index (κ3) is 2.99. The van der Waals surface area contributed by atoms with Crippen LogP contribution in [0.4, 0.5) is 0 Å². The van der Waals surface area contributed by atoms with Gasteiger partial charge in [0.2, 0.25) is 5.91 Å². The molecular formula is C17H21N3O3. The van der Waals surface area contributed by atoms with Crippen LogP contribution in [0.25, 0.3) is 10.9 Å². The molecule has 0 aliphatic heterocycles. The summed E-state index contributed by atoms with van der Waals surface area (Å²) in [5, 5.41) is 13.0. The molecule has 2 aromatic rings. The van der Waals surface area contributed by atoms with Gasteiger partial charge in [-0.1, -0.05) is 25.0 Å². The van der Waals surface area contributed by atoms with Crippen molar-refractivity contribution in [2.75, 3.05) is 6.61 Å². The molecule has 1 aromatic heterocycles. The quantitative estimate of drug-likeness (QED) is 0.886. The molecule has 1 heterocycles. The van der Waals surface area contributed by atoms with Gasteiger partial charge in [-0.2, -0.15) is 0 Å². The van der Waals surface area contributed by atoms with Crippen LogP contribution in [0.2, 0.25) is 0 Å². The second-order valence-corrected chi connectivity index (χ2v) is 6.34. The first-order chi connectivity index (χ1) is 11.0. The first-order valence-electron chi connectivity index (χ1n) is 7.91. The number of carbonyl (C=O) groups is 1. The van der Waals surface area contributed by atoms with Gasteiger partial charge in [0.05, 0.1) is 29.4 Å². The lowest BCUT2D eigenvalue weighted by Gasteiger charge is -2.28. The average Bonchev–Trinajstić information content (AvgIpc) is 3.00. The summed E-state index contributed by atoms with van der Waals surface area (Å²) in [6.45, 7) is 1.75. The number of aryl methyl sites for hydroxylation is 1. The standard InChI is InChI=1S/C17H21N3O3/c1-12-5-4-6-13-15(12)18-11-20(16(13)23)9-14(22)19-17(10-21)7-2-3-8-17/h4-6,11,21H,2-3,7-10H2,1H3,(H,19,22). The van der Waals surface area contributed by atoms with Crippen LogP contribution >= 0.6 is 0 Å². The Morgan fingerprint density at radius 1 is 1.39 bits per heavy atom. The highest BCUT2D eigenvalue weighted by Gasteiger charge is 2.34. The summed E-state index contributed by atoms with van der Waals surface area (Å²) in [4.78, 5) is 29.1. The number of nitrogens with one attached hydrogen (secondary N) is 1. The maximum atomic E-state index is 12.5. The van der Waals surface area contributed by atoms with Crippen LogP contribution in [-0.2, 0) is 11.3 Å². The molecule has 1 aliphatic carbocycles. The monoisotopic (exact) mass is 315 g/mol. The zero-order chi connectivity index (χ0) is 16.4. The predicted octanol–water partition coefficient (Wildman–Crippen LogP) is 1.13. The Balaban J connectivity index is 1.83. The van der Waals surface area contributed by atoms with Gasteiger partial charge in [0.1, 0.15) is 6.54 Å². The van der Waals surface area contributed by atoms with E-state index >= 15 is 0 Å². The number of hydrogen-bond acceptors (Lipinski definition) is 4. The maximum Gasteiger partial charge on any atom is 0.261 e. The lowest BCUT2D eigenvalue weighted by atomic mass is 9.99. The highest BCUT2D eigenvalue weighted by molar-refractivity contribution is 5.81. The number of fused-ring (bicyclic) bond motifs is 1. The molecule has 0 radical (unpaired) electrons. The number of amides is 1. The molecule has 6 nitrogen and oxygen atoms in total. The smallest absolute Gasteiger partial charge is 0.261 e. The Morgan fingerprint density at radius 2 is 2.13 bits per heavy atom. The van der Waals surface area contributed by atoms with Crippen molar-refractivity contribution in [1.82, 2.24) is 14.9 Å². The Bertz CT molecular complexity index is 791. The molecule has 3 rings (SSSR count). The minimum Gasteiger partial charge on any atom is -0.394 e. The van der Waals surface area contributed by atoms with Crippen molar-refractivity contribution in [3.63, 3.8) is 0 Å².